The Balaban J connectivity index is 1.62. The third-order valence-electron chi connectivity index (χ3n) is 7.39. The number of allylic oxidation sites excluding steroid dienone is 2. The van der Waals surface area contributed by atoms with Crippen molar-refractivity contribution in [2.45, 2.75) is 51.3 Å². The van der Waals surface area contributed by atoms with E-state index in [9.17, 15) is 24.8 Å². The number of aliphatic hydroxyl groups excluding tert-OH is 1. The summed E-state index contributed by atoms with van der Waals surface area (Å²) in [5.41, 5.74) is 5.10. The lowest BCUT2D eigenvalue weighted by Crippen LogP contribution is -2.36. The second-order valence-corrected chi connectivity index (χ2v) is 11.0. The maximum atomic E-state index is 12.5. The van der Waals surface area contributed by atoms with Crippen LogP contribution in [0.15, 0.2) is 90.9 Å². The van der Waals surface area contributed by atoms with Crippen LogP contribution in [0.5, 0.6) is 0 Å². The molecule has 11 heteroatoms. The number of benzene rings is 3. The highest BCUT2D eigenvalue weighted by Crippen LogP contribution is 2.30. The standard InChI is InChI=1S/C33H35ClN4O6/c1-22(24-11-15-28(34)16-12-24)36-31(21-38(43)44)37(29-17-13-26(14-18-29)25-5-3-2-4-6-25)20-23-7-9-27(10-8-23)32(40)35-19-30(39)33(41)42/h5,7-18,21-22,30,36,39H,2-4,6,19-20H2,1H3,(H,35,40)(H,41,42)/b31-21-/t22?,30-/m1/s1. The van der Waals surface area contributed by atoms with Gasteiger partial charge in [0.1, 0.15) is 0 Å². The molecular weight excluding hydrogens is 584 g/mol. The molecule has 0 radical (unpaired) electrons. The van der Waals surface area contributed by atoms with Crippen LogP contribution in [0.3, 0.4) is 0 Å². The molecule has 10 nitrogen and oxygen atoms in total. The third kappa shape index (κ3) is 8.92. The highest BCUT2D eigenvalue weighted by atomic mass is 35.5. The van der Waals surface area contributed by atoms with Crippen molar-refractivity contribution in [1.82, 2.24) is 10.6 Å². The van der Waals surface area contributed by atoms with E-state index in [4.69, 9.17) is 16.7 Å². The van der Waals surface area contributed by atoms with Crippen LogP contribution in [0.25, 0.3) is 5.57 Å². The van der Waals surface area contributed by atoms with E-state index in [1.165, 1.54) is 12.0 Å². The Morgan fingerprint density at radius 2 is 1.73 bits per heavy atom. The average molecular weight is 619 g/mol. The minimum atomic E-state index is -1.71. The molecule has 1 amide bonds. The largest absolute Gasteiger partial charge is 0.479 e. The Kier molecular flexibility index (Phi) is 11.1. The Hall–Kier alpha value is -4.67. The number of carboxylic acids is 1. The summed E-state index contributed by atoms with van der Waals surface area (Å²) in [4.78, 5) is 36.4. The van der Waals surface area contributed by atoms with Gasteiger partial charge in [0, 0.05) is 22.8 Å². The van der Waals surface area contributed by atoms with E-state index in [-0.39, 0.29) is 24.0 Å². The predicted molar refractivity (Wildman–Crippen MR) is 170 cm³/mol. The van der Waals surface area contributed by atoms with E-state index in [1.807, 2.05) is 48.2 Å². The lowest BCUT2D eigenvalue weighted by molar-refractivity contribution is -0.403. The van der Waals surface area contributed by atoms with Crippen LogP contribution in [0, 0.1) is 10.1 Å². The number of nitro groups is 1. The van der Waals surface area contributed by atoms with Crippen LogP contribution >= 0.6 is 11.6 Å². The van der Waals surface area contributed by atoms with Gasteiger partial charge in [0.2, 0.25) is 0 Å². The monoisotopic (exact) mass is 618 g/mol. The molecule has 1 unspecified atom stereocenters. The summed E-state index contributed by atoms with van der Waals surface area (Å²) < 4.78 is 0. The average Bonchev–Trinajstić information content (AvgIpc) is 3.03. The number of nitrogens with zero attached hydrogens (tertiary/aromatic N) is 2. The number of hydrogen-bond acceptors (Lipinski definition) is 7. The van der Waals surface area contributed by atoms with Gasteiger partial charge in [-0.05, 0) is 91.3 Å². The lowest BCUT2D eigenvalue weighted by Gasteiger charge is -2.29. The zero-order valence-corrected chi connectivity index (χ0v) is 25.0. The molecule has 0 aliphatic heterocycles. The first-order valence-electron chi connectivity index (χ1n) is 14.3. The van der Waals surface area contributed by atoms with E-state index < -0.39 is 29.4 Å². The van der Waals surface area contributed by atoms with Crippen LogP contribution < -0.4 is 15.5 Å². The van der Waals surface area contributed by atoms with Crippen molar-refractivity contribution < 1.29 is 24.7 Å². The minimum absolute atomic E-state index is 0.238. The fraction of sp³-hybridized carbons (Fsp3) is 0.273. The van der Waals surface area contributed by atoms with Crippen molar-refractivity contribution >= 4 is 34.7 Å². The lowest BCUT2D eigenvalue weighted by atomic mass is 9.93. The van der Waals surface area contributed by atoms with Crippen molar-refractivity contribution in [3.8, 4) is 0 Å². The smallest absolute Gasteiger partial charge is 0.334 e. The summed E-state index contributed by atoms with van der Waals surface area (Å²) in [5.74, 6) is -1.69. The summed E-state index contributed by atoms with van der Waals surface area (Å²) in [5, 5.41) is 36.4. The number of amides is 1. The van der Waals surface area contributed by atoms with Crippen molar-refractivity contribution in [2.75, 3.05) is 11.4 Å². The fourth-order valence-electron chi connectivity index (χ4n) is 4.94. The summed E-state index contributed by atoms with van der Waals surface area (Å²) in [7, 11) is 0. The number of nitrogens with one attached hydrogen (secondary N) is 2. The van der Waals surface area contributed by atoms with Crippen molar-refractivity contribution in [3.05, 3.63) is 128 Å². The second kappa shape index (κ2) is 15.2. The van der Waals surface area contributed by atoms with Gasteiger partial charge in [0.05, 0.1) is 17.5 Å². The van der Waals surface area contributed by atoms with Gasteiger partial charge in [-0.1, -0.05) is 54.1 Å². The summed E-state index contributed by atoms with van der Waals surface area (Å²) in [6, 6.07) is 21.5. The molecule has 0 heterocycles. The van der Waals surface area contributed by atoms with E-state index in [2.05, 4.69) is 16.7 Å². The summed E-state index contributed by atoms with van der Waals surface area (Å²) in [6.07, 6.45) is 5.92. The van der Waals surface area contributed by atoms with E-state index >= 15 is 0 Å². The van der Waals surface area contributed by atoms with Crippen molar-refractivity contribution in [2.24, 2.45) is 0 Å². The van der Waals surface area contributed by atoms with Gasteiger partial charge in [-0.3, -0.25) is 14.9 Å². The van der Waals surface area contributed by atoms with Crippen LogP contribution in [-0.4, -0.2) is 39.7 Å². The number of aliphatic carboxylic acids is 1. The molecule has 44 heavy (non-hydrogen) atoms. The second-order valence-electron chi connectivity index (χ2n) is 10.6. The molecule has 4 N–H and O–H groups in total. The SMILES string of the molecule is CC(N/C(=C/[N+](=O)[O-])N(Cc1ccc(C(=O)NC[C@@H](O)C(=O)O)cc1)c1ccc(C2=CCCCC2)cc1)c1ccc(Cl)cc1. The predicted octanol–water partition coefficient (Wildman–Crippen LogP) is 5.91. The number of carboxylic acid groups (broad SMARTS) is 1. The quantitative estimate of drug-likeness (QED) is 0.137. The maximum absolute atomic E-state index is 12.5. The third-order valence-corrected chi connectivity index (χ3v) is 7.64. The molecule has 1 aliphatic rings. The highest BCUT2D eigenvalue weighted by Gasteiger charge is 2.21. The Morgan fingerprint density at radius 3 is 2.32 bits per heavy atom. The first-order valence-corrected chi connectivity index (χ1v) is 14.7. The van der Waals surface area contributed by atoms with Crippen LogP contribution in [-0.2, 0) is 11.3 Å². The number of hydrogen-bond donors (Lipinski definition) is 4. The molecule has 0 saturated heterocycles. The maximum Gasteiger partial charge on any atom is 0.334 e. The van der Waals surface area contributed by atoms with Gasteiger partial charge >= 0.3 is 5.97 Å². The Bertz CT molecular complexity index is 1520. The van der Waals surface area contributed by atoms with Gasteiger partial charge in [-0.25, -0.2) is 4.79 Å². The number of aliphatic hydroxyl groups is 1. The normalized spacial score (nSPS) is 14.6. The van der Waals surface area contributed by atoms with Crippen LogP contribution in [0.2, 0.25) is 5.02 Å². The number of halogens is 1. The Labute approximate surface area is 260 Å². The molecule has 0 bridgehead atoms. The molecule has 0 saturated carbocycles. The number of carbonyl (C=O) groups is 2. The molecule has 0 fully saturated rings. The zero-order chi connectivity index (χ0) is 31.6. The molecule has 3 aromatic rings. The summed E-state index contributed by atoms with van der Waals surface area (Å²) >= 11 is 6.06. The number of anilines is 1. The van der Waals surface area contributed by atoms with Crippen LogP contribution in [0.4, 0.5) is 5.69 Å². The number of carbonyl (C=O) groups excluding carboxylic acids is 1. The van der Waals surface area contributed by atoms with Gasteiger partial charge in [-0.2, -0.15) is 0 Å². The van der Waals surface area contributed by atoms with Gasteiger partial charge < -0.3 is 25.7 Å². The van der Waals surface area contributed by atoms with Crippen molar-refractivity contribution in [1.29, 1.82) is 0 Å². The van der Waals surface area contributed by atoms with E-state index in [0.29, 0.717) is 5.02 Å². The molecule has 4 rings (SSSR count). The first-order chi connectivity index (χ1) is 21.1. The van der Waals surface area contributed by atoms with Crippen molar-refractivity contribution in [3.63, 3.8) is 0 Å². The fourth-order valence-corrected chi connectivity index (χ4v) is 5.06. The minimum Gasteiger partial charge on any atom is -0.479 e. The van der Waals surface area contributed by atoms with E-state index in [1.54, 1.807) is 36.4 Å². The molecule has 230 valence electrons. The van der Waals surface area contributed by atoms with Gasteiger partial charge in [0.25, 0.3) is 12.1 Å². The molecule has 3 aromatic carbocycles. The molecule has 0 aromatic heterocycles. The van der Waals surface area contributed by atoms with Gasteiger partial charge in [-0.15, -0.1) is 0 Å². The zero-order valence-electron chi connectivity index (χ0n) is 24.3. The molecule has 2 atom stereocenters. The summed E-state index contributed by atoms with van der Waals surface area (Å²) in [6.45, 7) is 1.72. The highest BCUT2D eigenvalue weighted by molar-refractivity contribution is 6.30. The first kappa shape index (κ1) is 32.2. The Morgan fingerprint density at radius 1 is 1.05 bits per heavy atom. The topological polar surface area (TPSA) is 145 Å². The molecular formula is C33H35ClN4O6. The van der Waals surface area contributed by atoms with Gasteiger partial charge in [0.15, 0.2) is 11.9 Å². The molecule has 0 spiro atoms. The number of rotatable bonds is 13. The molecule has 1 aliphatic carbocycles. The van der Waals surface area contributed by atoms with Crippen LogP contribution in [0.1, 0.15) is 65.7 Å². The van der Waals surface area contributed by atoms with E-state index in [0.717, 1.165) is 47.8 Å².